The van der Waals surface area contributed by atoms with Gasteiger partial charge in [-0.2, -0.15) is 5.10 Å². The Bertz CT molecular complexity index is 439. The number of nitrogens with zero attached hydrogens (tertiary/aromatic N) is 3. The molecule has 1 atom stereocenters. The van der Waals surface area contributed by atoms with Crippen molar-refractivity contribution in [1.29, 1.82) is 0 Å². The van der Waals surface area contributed by atoms with Crippen LogP contribution in [0.25, 0.3) is 0 Å². The Morgan fingerprint density at radius 3 is 2.95 bits per heavy atom. The van der Waals surface area contributed by atoms with Crippen LogP contribution in [0.2, 0.25) is 0 Å². The third kappa shape index (κ3) is 3.15. The van der Waals surface area contributed by atoms with E-state index >= 15 is 0 Å². The van der Waals surface area contributed by atoms with Crippen LogP contribution >= 0.6 is 0 Å². The van der Waals surface area contributed by atoms with E-state index in [4.69, 9.17) is 0 Å². The number of piperidine rings is 1. The second-order valence-electron chi connectivity index (χ2n) is 5.14. The van der Waals surface area contributed by atoms with Gasteiger partial charge >= 0.3 is 0 Å². The van der Waals surface area contributed by atoms with E-state index in [1.807, 2.05) is 29.7 Å². The number of rotatable bonds is 5. The first-order chi connectivity index (χ1) is 9.15. The topological polar surface area (TPSA) is 50.2 Å². The van der Waals surface area contributed by atoms with Crippen LogP contribution < -0.4 is 5.32 Å². The van der Waals surface area contributed by atoms with Gasteiger partial charge in [0, 0.05) is 31.9 Å². The zero-order chi connectivity index (χ0) is 13.8. The normalized spacial score (nSPS) is 20.1. The molecule has 0 spiro atoms. The highest BCUT2D eigenvalue weighted by Crippen LogP contribution is 2.17. The van der Waals surface area contributed by atoms with Crippen LogP contribution in [0.5, 0.6) is 0 Å². The van der Waals surface area contributed by atoms with Crippen molar-refractivity contribution >= 4 is 5.91 Å². The second kappa shape index (κ2) is 6.19. The Labute approximate surface area is 115 Å². The number of hydrogen-bond acceptors (Lipinski definition) is 3. The van der Waals surface area contributed by atoms with Gasteiger partial charge in [0.25, 0.3) is 0 Å². The molecule has 1 aliphatic rings. The number of nitrogens with one attached hydrogen (secondary N) is 1. The fourth-order valence-electron chi connectivity index (χ4n) is 2.75. The summed E-state index contributed by atoms with van der Waals surface area (Å²) in [5.74, 6) is 0.235. The summed E-state index contributed by atoms with van der Waals surface area (Å²) in [6.45, 7) is 6.54. The van der Waals surface area contributed by atoms with Crippen molar-refractivity contribution < 1.29 is 4.79 Å². The van der Waals surface area contributed by atoms with E-state index in [1.54, 1.807) is 0 Å². The SMILES string of the molecule is CCNC1CCCN(Cc2cn(C)nc2CC)C1=O. The van der Waals surface area contributed by atoms with Crippen molar-refractivity contribution in [1.82, 2.24) is 20.0 Å². The maximum absolute atomic E-state index is 12.4. The first-order valence-corrected chi connectivity index (χ1v) is 7.19. The molecule has 106 valence electrons. The largest absolute Gasteiger partial charge is 0.337 e. The van der Waals surface area contributed by atoms with E-state index in [0.29, 0.717) is 6.54 Å². The summed E-state index contributed by atoms with van der Waals surface area (Å²) < 4.78 is 1.84. The van der Waals surface area contributed by atoms with Crippen molar-refractivity contribution in [3.63, 3.8) is 0 Å². The summed E-state index contributed by atoms with van der Waals surface area (Å²) in [6, 6.07) is 0.000461. The Kier molecular flexibility index (Phi) is 4.58. The molecular formula is C14H24N4O. The molecule has 1 unspecified atom stereocenters. The van der Waals surface area contributed by atoms with Crippen LogP contribution in [0.4, 0.5) is 0 Å². The molecule has 0 aliphatic carbocycles. The average Bonchev–Trinajstić information content (AvgIpc) is 2.75. The van der Waals surface area contributed by atoms with Gasteiger partial charge in [-0.15, -0.1) is 0 Å². The first kappa shape index (κ1) is 14.1. The summed E-state index contributed by atoms with van der Waals surface area (Å²) >= 11 is 0. The second-order valence-corrected chi connectivity index (χ2v) is 5.14. The predicted octanol–water partition coefficient (Wildman–Crippen LogP) is 1.08. The third-order valence-corrected chi connectivity index (χ3v) is 3.67. The summed E-state index contributed by atoms with van der Waals surface area (Å²) in [6.07, 6.45) is 4.97. The van der Waals surface area contributed by atoms with Crippen LogP contribution in [0.1, 0.15) is 37.9 Å². The van der Waals surface area contributed by atoms with E-state index < -0.39 is 0 Å². The van der Waals surface area contributed by atoms with E-state index in [2.05, 4.69) is 17.3 Å². The van der Waals surface area contributed by atoms with E-state index in [0.717, 1.165) is 38.0 Å². The maximum atomic E-state index is 12.4. The molecule has 2 rings (SSSR count). The Morgan fingerprint density at radius 2 is 2.26 bits per heavy atom. The highest BCUT2D eigenvalue weighted by Gasteiger charge is 2.28. The Hall–Kier alpha value is -1.36. The molecule has 1 aromatic rings. The molecule has 5 nitrogen and oxygen atoms in total. The molecule has 1 saturated heterocycles. The standard InChI is InChI=1S/C14H24N4O/c1-4-12-11(9-17(3)16-12)10-18-8-6-7-13(14(18)19)15-5-2/h9,13,15H,4-8,10H2,1-3H3. The zero-order valence-electron chi connectivity index (χ0n) is 12.1. The molecule has 1 N–H and O–H groups in total. The lowest BCUT2D eigenvalue weighted by atomic mass is 10.0. The van der Waals surface area contributed by atoms with Crippen molar-refractivity contribution in [3.05, 3.63) is 17.5 Å². The highest BCUT2D eigenvalue weighted by atomic mass is 16.2. The number of likely N-dealkylation sites (N-methyl/N-ethyl adjacent to an activating group) is 1. The summed E-state index contributed by atoms with van der Waals surface area (Å²) in [7, 11) is 1.93. The lowest BCUT2D eigenvalue weighted by Gasteiger charge is -2.32. The van der Waals surface area contributed by atoms with Crippen LogP contribution in [-0.4, -0.2) is 39.7 Å². The van der Waals surface area contributed by atoms with E-state index in [-0.39, 0.29) is 11.9 Å². The van der Waals surface area contributed by atoms with Gasteiger partial charge in [0.1, 0.15) is 0 Å². The van der Waals surface area contributed by atoms with Crippen LogP contribution in [0.3, 0.4) is 0 Å². The number of aryl methyl sites for hydroxylation is 2. The molecule has 0 aromatic carbocycles. The minimum atomic E-state index is 0.000461. The fourth-order valence-corrected chi connectivity index (χ4v) is 2.75. The summed E-state index contributed by atoms with van der Waals surface area (Å²) in [5.41, 5.74) is 2.27. The van der Waals surface area contributed by atoms with Crippen molar-refractivity contribution in [2.75, 3.05) is 13.1 Å². The zero-order valence-corrected chi connectivity index (χ0v) is 12.1. The van der Waals surface area contributed by atoms with Gasteiger partial charge < -0.3 is 10.2 Å². The Morgan fingerprint density at radius 1 is 1.47 bits per heavy atom. The summed E-state index contributed by atoms with van der Waals surface area (Å²) in [5, 5.41) is 7.71. The van der Waals surface area contributed by atoms with Crippen molar-refractivity contribution in [3.8, 4) is 0 Å². The molecule has 1 aliphatic heterocycles. The monoisotopic (exact) mass is 264 g/mol. The van der Waals surface area contributed by atoms with E-state index in [9.17, 15) is 4.79 Å². The molecule has 1 fully saturated rings. The predicted molar refractivity (Wildman–Crippen MR) is 74.7 cm³/mol. The van der Waals surface area contributed by atoms with Crippen LogP contribution in [0, 0.1) is 0 Å². The molecule has 0 radical (unpaired) electrons. The molecule has 5 heteroatoms. The molecule has 19 heavy (non-hydrogen) atoms. The molecular weight excluding hydrogens is 240 g/mol. The lowest BCUT2D eigenvalue weighted by Crippen LogP contribution is -2.50. The molecule has 1 aromatic heterocycles. The van der Waals surface area contributed by atoms with Gasteiger partial charge in [-0.1, -0.05) is 13.8 Å². The molecule has 1 amide bonds. The molecule has 0 saturated carbocycles. The quantitative estimate of drug-likeness (QED) is 0.866. The molecule has 0 bridgehead atoms. The fraction of sp³-hybridized carbons (Fsp3) is 0.714. The van der Waals surface area contributed by atoms with E-state index in [1.165, 1.54) is 5.56 Å². The third-order valence-electron chi connectivity index (χ3n) is 3.67. The lowest BCUT2D eigenvalue weighted by molar-refractivity contribution is -0.136. The van der Waals surface area contributed by atoms with Crippen molar-refractivity contribution in [2.24, 2.45) is 7.05 Å². The number of carbonyl (C=O) groups is 1. The van der Waals surface area contributed by atoms with Crippen molar-refractivity contribution in [2.45, 2.75) is 45.7 Å². The highest BCUT2D eigenvalue weighted by molar-refractivity contribution is 5.82. The number of likely N-dealkylation sites (tertiary alicyclic amines) is 1. The van der Waals surface area contributed by atoms with Gasteiger partial charge in [-0.25, -0.2) is 0 Å². The number of hydrogen-bond donors (Lipinski definition) is 1. The smallest absolute Gasteiger partial charge is 0.240 e. The van der Waals surface area contributed by atoms with Gasteiger partial charge in [0.15, 0.2) is 0 Å². The minimum Gasteiger partial charge on any atom is -0.337 e. The van der Waals surface area contributed by atoms with Gasteiger partial charge in [-0.05, 0) is 25.8 Å². The van der Waals surface area contributed by atoms with Crippen LogP contribution in [0.15, 0.2) is 6.20 Å². The molecule has 2 heterocycles. The van der Waals surface area contributed by atoms with Gasteiger partial charge in [0.05, 0.1) is 11.7 Å². The first-order valence-electron chi connectivity index (χ1n) is 7.19. The number of amides is 1. The average molecular weight is 264 g/mol. The summed E-state index contributed by atoms with van der Waals surface area (Å²) in [4.78, 5) is 14.3. The van der Waals surface area contributed by atoms with Crippen LogP contribution in [-0.2, 0) is 24.8 Å². The number of carbonyl (C=O) groups excluding carboxylic acids is 1. The van der Waals surface area contributed by atoms with Gasteiger partial charge in [-0.3, -0.25) is 9.48 Å². The Balaban J connectivity index is 2.07. The minimum absolute atomic E-state index is 0.000461. The number of aromatic nitrogens is 2. The maximum Gasteiger partial charge on any atom is 0.240 e. The van der Waals surface area contributed by atoms with Gasteiger partial charge in [0.2, 0.25) is 5.91 Å².